The predicted molar refractivity (Wildman–Crippen MR) is 270 cm³/mol. The van der Waals surface area contributed by atoms with Crippen LogP contribution in [0.15, 0.2) is 0 Å². The normalized spacial score (nSPS) is 17.7. The first kappa shape index (κ1) is 65.3. The van der Waals surface area contributed by atoms with Crippen LogP contribution in [0.2, 0.25) is 0 Å². The third-order valence-electron chi connectivity index (χ3n) is 13.7. The van der Waals surface area contributed by atoms with E-state index in [0.29, 0.717) is 37.0 Å². The molecule has 1 saturated heterocycles. The third kappa shape index (κ3) is 19.3. The fourth-order valence-corrected chi connectivity index (χ4v) is 10.8. The van der Waals surface area contributed by atoms with Crippen LogP contribution >= 0.6 is 7.44 Å². The molecule has 10 atom stereocenters. The summed E-state index contributed by atoms with van der Waals surface area (Å²) in [6.07, 6.45) is 10.5. The Labute approximate surface area is 427 Å². The van der Waals surface area contributed by atoms with E-state index >= 15 is 0 Å². The third-order valence-corrected chi connectivity index (χ3v) is 16.0. The number of hydrogen-bond donors (Lipinski definition) is 4. The van der Waals surface area contributed by atoms with Gasteiger partial charge in [0, 0.05) is 72.3 Å². The Morgan fingerprint density at radius 2 is 1.46 bits per heavy atom. The Morgan fingerprint density at radius 1 is 0.833 bits per heavy atom. The molecule has 0 aliphatic carbocycles. The number of carboxylic acid groups (broad SMARTS) is 1. The number of ketones is 2. The van der Waals surface area contributed by atoms with Gasteiger partial charge in [0.25, 0.3) is 7.44 Å². The van der Waals surface area contributed by atoms with Gasteiger partial charge >= 0.3 is 17.8 Å². The Bertz CT molecular complexity index is 1960. The lowest BCUT2D eigenvalue weighted by Gasteiger charge is -2.41. The molecule has 1 aliphatic heterocycles. The number of rotatable bonds is 35. The van der Waals surface area contributed by atoms with E-state index in [9.17, 15) is 48.0 Å². The molecule has 408 valence electrons. The number of hydrogen-bond acceptors (Lipinski definition) is 14. The van der Waals surface area contributed by atoms with Crippen molar-refractivity contribution in [1.82, 2.24) is 30.1 Å². The SMILES string of the molecule is C#CC(=O)NNP(=O)(CCCOCCOCCC(=O)N(C)[C@H](C(=O)C[C@H](C(=O)N(C)[C@@H]([C@@H](C)CC)[C@@H](CC(=O)N1CCC[C@H]1[C@H](OC)[C@@H](C)C(=O)C[C@@H](CC)C(=O)O)OC)C(C)C)C(C)C)N(N)C(=O)C#C. The number of ether oxygens (including phenoxy) is 4. The van der Waals surface area contributed by atoms with Crippen LogP contribution in [-0.2, 0) is 61.9 Å². The molecule has 0 radical (unpaired) electrons. The Hall–Kier alpha value is -4.73. The van der Waals surface area contributed by atoms with Crippen molar-refractivity contribution in [2.75, 3.05) is 67.4 Å². The molecule has 0 aromatic rings. The molecule has 0 aromatic heterocycles. The number of hydrazine groups is 2. The number of Topliss-reactive ketones (excluding diaryl/α,β-unsaturated/α-hetero) is 2. The van der Waals surface area contributed by atoms with Gasteiger partial charge in [-0.3, -0.25) is 48.3 Å². The van der Waals surface area contributed by atoms with Gasteiger partial charge in [0.2, 0.25) is 17.7 Å². The second kappa shape index (κ2) is 32.5. The number of methoxy groups -OCH3 is 2. The van der Waals surface area contributed by atoms with E-state index < -0.39 is 73.3 Å². The summed E-state index contributed by atoms with van der Waals surface area (Å²) in [6.45, 7) is 15.5. The van der Waals surface area contributed by atoms with Crippen LogP contribution in [0.4, 0.5) is 0 Å². The van der Waals surface area contributed by atoms with Gasteiger partial charge in [-0.25, -0.2) is 10.6 Å². The number of nitrogens with zero attached hydrogens (tertiary/aromatic N) is 4. The van der Waals surface area contributed by atoms with Crippen molar-refractivity contribution in [3.63, 3.8) is 0 Å². The van der Waals surface area contributed by atoms with Crippen LogP contribution in [-0.4, -0.2) is 169 Å². The lowest BCUT2D eigenvalue weighted by molar-refractivity contribution is -0.150. The summed E-state index contributed by atoms with van der Waals surface area (Å²) in [5, 5.41) is 11.8. The van der Waals surface area contributed by atoms with Gasteiger partial charge in [-0.1, -0.05) is 61.8 Å². The van der Waals surface area contributed by atoms with Crippen molar-refractivity contribution < 1.29 is 67.0 Å². The number of terminal acetylenes is 2. The first-order valence-electron chi connectivity index (χ1n) is 24.8. The summed E-state index contributed by atoms with van der Waals surface area (Å²) in [6, 6.07) is -1.82. The van der Waals surface area contributed by atoms with Gasteiger partial charge in [-0.2, -0.15) is 5.20 Å². The fraction of sp³-hybridized carbons (Fsp3) is 0.760. The van der Waals surface area contributed by atoms with E-state index in [-0.39, 0.29) is 112 Å². The summed E-state index contributed by atoms with van der Waals surface area (Å²) >= 11 is 0. The first-order valence-corrected chi connectivity index (χ1v) is 26.7. The highest BCUT2D eigenvalue weighted by Gasteiger charge is 2.44. The van der Waals surface area contributed by atoms with Gasteiger partial charge in [0.05, 0.1) is 68.9 Å². The topological polar surface area (TPSA) is 274 Å². The Kier molecular flexibility index (Phi) is 29.4. The molecule has 72 heavy (non-hydrogen) atoms. The lowest BCUT2D eigenvalue weighted by atomic mass is 9.83. The van der Waals surface area contributed by atoms with E-state index in [1.54, 1.807) is 49.6 Å². The van der Waals surface area contributed by atoms with E-state index in [4.69, 9.17) is 37.6 Å². The molecule has 21 nitrogen and oxygen atoms in total. The van der Waals surface area contributed by atoms with Crippen molar-refractivity contribution in [2.24, 2.45) is 41.4 Å². The van der Waals surface area contributed by atoms with E-state index in [1.807, 2.05) is 47.0 Å². The van der Waals surface area contributed by atoms with Crippen LogP contribution in [0.25, 0.3) is 0 Å². The van der Waals surface area contributed by atoms with Crippen LogP contribution in [0.1, 0.15) is 113 Å². The quantitative estimate of drug-likeness (QED) is 0.0177. The molecule has 1 aliphatic rings. The van der Waals surface area contributed by atoms with E-state index in [1.165, 1.54) is 19.1 Å². The zero-order valence-electron chi connectivity index (χ0n) is 44.7. The summed E-state index contributed by atoms with van der Waals surface area (Å²) in [4.78, 5) is 110. The number of nitrogens with two attached hydrogens (primary N) is 1. The van der Waals surface area contributed by atoms with Gasteiger partial charge in [-0.15, -0.1) is 12.8 Å². The maximum atomic E-state index is 14.6. The number of carbonyl (C=O) groups excluding carboxylic acids is 7. The molecule has 0 aromatic carbocycles. The van der Waals surface area contributed by atoms with Gasteiger partial charge < -0.3 is 38.8 Å². The number of aliphatic carboxylic acids is 1. The van der Waals surface area contributed by atoms with Gasteiger partial charge in [-0.05, 0) is 55.3 Å². The Morgan fingerprint density at radius 3 is 1.97 bits per heavy atom. The smallest absolute Gasteiger partial charge is 0.319 e. The molecule has 1 heterocycles. The maximum Gasteiger partial charge on any atom is 0.319 e. The number of likely N-dealkylation sites (tertiary alicyclic amines) is 1. The predicted octanol–water partition coefficient (Wildman–Crippen LogP) is 3.29. The molecule has 0 bridgehead atoms. The Balaban J connectivity index is 3.02. The van der Waals surface area contributed by atoms with Gasteiger partial charge in [0.1, 0.15) is 5.78 Å². The monoisotopic (exact) mass is 1040 g/mol. The fourth-order valence-electron chi connectivity index (χ4n) is 9.22. The zero-order valence-corrected chi connectivity index (χ0v) is 45.6. The highest BCUT2D eigenvalue weighted by molar-refractivity contribution is 7.60. The highest BCUT2D eigenvalue weighted by atomic mass is 31.2. The average molecular weight is 1040 g/mol. The second-order valence-corrected chi connectivity index (χ2v) is 21.7. The van der Waals surface area contributed by atoms with E-state index in [2.05, 4.69) is 5.20 Å². The largest absolute Gasteiger partial charge is 0.481 e. The second-order valence-electron chi connectivity index (χ2n) is 19.2. The number of amides is 5. The maximum absolute atomic E-state index is 14.6. The minimum Gasteiger partial charge on any atom is -0.481 e. The average Bonchev–Trinajstić information content (AvgIpc) is 3.84. The zero-order chi connectivity index (χ0) is 55.0. The molecule has 0 spiro atoms. The molecule has 22 heteroatoms. The van der Waals surface area contributed by atoms with Crippen molar-refractivity contribution in [3.05, 3.63) is 0 Å². The number of carboxylic acids is 1. The summed E-state index contributed by atoms with van der Waals surface area (Å²) in [5.41, 5.74) is 2.02. The number of nitrogens with one attached hydrogen (secondary N) is 2. The lowest BCUT2D eigenvalue weighted by Crippen LogP contribution is -2.54. The number of carbonyl (C=O) groups is 8. The number of likely N-dealkylation sites (N-methyl/N-ethyl adjacent to an activating group) is 2. The van der Waals surface area contributed by atoms with Crippen LogP contribution < -0.4 is 16.5 Å². The van der Waals surface area contributed by atoms with Crippen LogP contribution in [0.3, 0.4) is 0 Å². The first-order chi connectivity index (χ1) is 33.8. The summed E-state index contributed by atoms with van der Waals surface area (Å²) in [7, 11) is 2.31. The minimum atomic E-state index is -3.91. The van der Waals surface area contributed by atoms with E-state index in [0.717, 1.165) is 0 Å². The molecule has 0 saturated carbocycles. The standard InChI is InChI=1S/C50H84N7O14P/c1-15-34(9)47(41(68-13)31-45(63)56-23-19-21-38(56)48(69-14)35(10)39(58)29-36(16-2)50(65)66)55(12)49(64)37(32(5)6)30-40(59)46(33(7)8)54(11)44(62)22-25-71-27-26-70-24-20-28-72(67,53-52-42(60)17-3)57(51)43(61)18-4/h3-4,32-38,41,46-48H,15-16,19-31,51H2,1-2,5-14H3,(H,52,60)(H,53,67)(H,65,66)/t34-,35-,36+,37-,38-,41+,46-,47-,48+,72?/m0/s1. The van der Waals surface area contributed by atoms with Crippen molar-refractivity contribution in [1.29, 1.82) is 0 Å². The van der Waals surface area contributed by atoms with Crippen molar-refractivity contribution in [2.45, 2.75) is 144 Å². The molecular formula is C50H84N7O14P. The van der Waals surface area contributed by atoms with Crippen LogP contribution in [0, 0.1) is 60.2 Å². The molecular weight excluding hydrogens is 954 g/mol. The molecule has 5 N–H and O–H groups in total. The highest BCUT2D eigenvalue weighted by Crippen LogP contribution is 2.43. The van der Waals surface area contributed by atoms with Gasteiger partial charge in [0.15, 0.2) is 5.78 Å². The summed E-state index contributed by atoms with van der Waals surface area (Å²) in [5.74, 6) is 1.83. The molecule has 1 fully saturated rings. The molecule has 5 amide bonds. The van der Waals surface area contributed by atoms with Crippen LogP contribution in [0.5, 0.6) is 0 Å². The molecule has 1 rings (SSSR count). The van der Waals surface area contributed by atoms with Crippen molar-refractivity contribution >= 4 is 54.5 Å². The minimum absolute atomic E-state index is 0.0200. The molecule has 1 unspecified atom stereocenters. The summed E-state index contributed by atoms with van der Waals surface area (Å²) < 4.78 is 36.6. The van der Waals surface area contributed by atoms with Crippen molar-refractivity contribution in [3.8, 4) is 24.7 Å².